The second-order valence-corrected chi connectivity index (χ2v) is 8.13. The van der Waals surface area contributed by atoms with Crippen LogP contribution in [0.25, 0.3) is 0 Å². The highest BCUT2D eigenvalue weighted by molar-refractivity contribution is 5.82. The first-order valence-corrected chi connectivity index (χ1v) is 9.53. The van der Waals surface area contributed by atoms with Gasteiger partial charge in [0.05, 0.1) is 7.11 Å². The summed E-state index contributed by atoms with van der Waals surface area (Å²) in [5, 5.41) is 0. The number of rotatable bonds is 6. The maximum Gasteiger partial charge on any atom is 0.411 e. The Bertz CT molecular complexity index is 627. The molecule has 1 heterocycles. The van der Waals surface area contributed by atoms with Crippen LogP contribution < -0.4 is 0 Å². The molecule has 2 rings (SSSR count). The molecule has 0 spiro atoms. The van der Waals surface area contributed by atoms with Crippen LogP contribution in [0, 0.1) is 0 Å². The van der Waals surface area contributed by atoms with Crippen molar-refractivity contribution in [2.45, 2.75) is 57.7 Å². The van der Waals surface area contributed by atoms with E-state index in [4.69, 9.17) is 9.47 Å². The first-order chi connectivity index (χ1) is 12.7. The Kier molecular flexibility index (Phi) is 7.25. The normalized spacial score (nSPS) is 20.0. The number of carbonyl (C=O) groups is 2. The van der Waals surface area contributed by atoms with Gasteiger partial charge in [-0.25, -0.2) is 9.59 Å². The predicted octanol–water partition coefficient (Wildman–Crippen LogP) is 3.10. The second kappa shape index (κ2) is 9.22. The van der Waals surface area contributed by atoms with E-state index in [1.165, 1.54) is 17.6 Å². The predicted molar refractivity (Wildman–Crippen MR) is 105 cm³/mol. The Morgan fingerprint density at radius 3 is 2.48 bits per heavy atom. The van der Waals surface area contributed by atoms with E-state index in [0.717, 1.165) is 19.4 Å². The molecule has 1 fully saturated rings. The summed E-state index contributed by atoms with van der Waals surface area (Å²) in [4.78, 5) is 28.4. The van der Waals surface area contributed by atoms with E-state index in [0.29, 0.717) is 13.0 Å². The largest absolute Gasteiger partial charge is 0.467 e. The van der Waals surface area contributed by atoms with Crippen molar-refractivity contribution in [3.8, 4) is 0 Å². The number of benzene rings is 1. The zero-order chi connectivity index (χ0) is 20.0. The quantitative estimate of drug-likeness (QED) is 0.714. The second-order valence-electron chi connectivity index (χ2n) is 8.13. The third-order valence-corrected chi connectivity index (χ3v) is 4.82. The van der Waals surface area contributed by atoms with Crippen LogP contribution in [0.3, 0.4) is 0 Å². The Morgan fingerprint density at radius 1 is 1.22 bits per heavy atom. The van der Waals surface area contributed by atoms with Crippen LogP contribution in [0.2, 0.25) is 0 Å². The Hall–Kier alpha value is -2.08. The number of esters is 1. The molecule has 27 heavy (non-hydrogen) atoms. The molecule has 0 radical (unpaired) electrons. The first-order valence-electron chi connectivity index (χ1n) is 9.53. The number of ether oxygens (including phenoxy) is 2. The number of carbonyl (C=O) groups excluding carboxylic acids is 2. The van der Waals surface area contributed by atoms with Crippen molar-refractivity contribution in [1.82, 2.24) is 9.80 Å². The van der Waals surface area contributed by atoms with Crippen LogP contribution in [0.15, 0.2) is 30.3 Å². The molecule has 0 aromatic heterocycles. The molecule has 1 aromatic carbocycles. The Morgan fingerprint density at radius 2 is 1.89 bits per heavy atom. The first kappa shape index (κ1) is 21.2. The number of likely N-dealkylation sites (tertiary alicyclic amines) is 1. The van der Waals surface area contributed by atoms with E-state index >= 15 is 0 Å². The van der Waals surface area contributed by atoms with Crippen molar-refractivity contribution < 1.29 is 19.1 Å². The summed E-state index contributed by atoms with van der Waals surface area (Å²) in [6, 6.07) is 9.90. The van der Waals surface area contributed by atoms with Crippen molar-refractivity contribution in [2.24, 2.45) is 0 Å². The van der Waals surface area contributed by atoms with E-state index in [1.807, 2.05) is 33.9 Å². The van der Waals surface area contributed by atoms with Crippen LogP contribution in [0.4, 0.5) is 4.79 Å². The fraction of sp³-hybridized carbons (Fsp3) is 0.619. The number of methoxy groups -OCH3 is 1. The molecular formula is C21H32N2O4. The summed E-state index contributed by atoms with van der Waals surface area (Å²) >= 11 is 0. The molecule has 0 aliphatic carbocycles. The number of hydrogen-bond donors (Lipinski definition) is 0. The van der Waals surface area contributed by atoms with Gasteiger partial charge in [-0.2, -0.15) is 0 Å². The minimum Gasteiger partial charge on any atom is -0.467 e. The van der Waals surface area contributed by atoms with E-state index < -0.39 is 17.7 Å². The van der Waals surface area contributed by atoms with Gasteiger partial charge in [-0.3, -0.25) is 4.90 Å². The topological polar surface area (TPSA) is 59.1 Å². The number of nitrogens with zero attached hydrogens (tertiary/aromatic N) is 2. The number of amides is 1. The highest BCUT2D eigenvalue weighted by atomic mass is 16.6. The van der Waals surface area contributed by atoms with Gasteiger partial charge in [-0.1, -0.05) is 30.3 Å². The highest BCUT2D eigenvalue weighted by Gasteiger charge is 2.43. The standard InChI is InChI=1S/C21H32N2O4/c1-21(2,3)27-20(25)23-15-17(14-18(23)19(24)26-5)22(4)13-9-12-16-10-7-6-8-11-16/h6-8,10-11,17-18H,9,12-15H2,1-5H3/t17-,18-/m0/s1. The fourth-order valence-electron chi connectivity index (χ4n) is 3.37. The van der Waals surface area contributed by atoms with Crippen molar-refractivity contribution in [3.05, 3.63) is 35.9 Å². The monoisotopic (exact) mass is 376 g/mol. The lowest BCUT2D eigenvalue weighted by molar-refractivity contribution is -0.145. The summed E-state index contributed by atoms with van der Waals surface area (Å²) in [6.45, 7) is 6.83. The molecule has 1 amide bonds. The lowest BCUT2D eigenvalue weighted by atomic mass is 10.1. The maximum absolute atomic E-state index is 12.5. The van der Waals surface area contributed by atoms with Gasteiger partial charge in [0.15, 0.2) is 0 Å². The van der Waals surface area contributed by atoms with Gasteiger partial charge < -0.3 is 14.4 Å². The van der Waals surface area contributed by atoms with Gasteiger partial charge in [0, 0.05) is 12.6 Å². The van der Waals surface area contributed by atoms with E-state index in [2.05, 4.69) is 29.2 Å². The van der Waals surface area contributed by atoms with Gasteiger partial charge in [0.25, 0.3) is 0 Å². The molecule has 0 saturated carbocycles. The molecule has 2 atom stereocenters. The van der Waals surface area contributed by atoms with Crippen molar-refractivity contribution in [2.75, 3.05) is 27.2 Å². The van der Waals surface area contributed by atoms with Crippen LogP contribution in [0.1, 0.15) is 39.2 Å². The van der Waals surface area contributed by atoms with Gasteiger partial charge in [0.1, 0.15) is 11.6 Å². The van der Waals surface area contributed by atoms with E-state index in [9.17, 15) is 9.59 Å². The van der Waals surface area contributed by atoms with Crippen LogP contribution in [0.5, 0.6) is 0 Å². The van der Waals surface area contributed by atoms with Crippen LogP contribution in [-0.2, 0) is 20.7 Å². The van der Waals surface area contributed by atoms with Gasteiger partial charge >= 0.3 is 12.1 Å². The Labute approximate surface area is 162 Å². The molecule has 1 aliphatic rings. The molecular weight excluding hydrogens is 344 g/mol. The average molecular weight is 376 g/mol. The maximum atomic E-state index is 12.5. The third-order valence-electron chi connectivity index (χ3n) is 4.82. The van der Waals surface area contributed by atoms with Gasteiger partial charge in [0.2, 0.25) is 0 Å². The SMILES string of the molecule is COC(=O)[C@@H]1C[C@H](N(C)CCCc2ccccc2)CN1C(=O)OC(C)(C)C. The molecule has 6 heteroatoms. The van der Waals surface area contributed by atoms with Crippen LogP contribution >= 0.6 is 0 Å². The van der Waals surface area contributed by atoms with Gasteiger partial charge in [-0.05, 0) is 59.2 Å². The lowest BCUT2D eigenvalue weighted by Gasteiger charge is -2.28. The summed E-state index contributed by atoms with van der Waals surface area (Å²) in [5.41, 5.74) is 0.720. The number of hydrogen-bond acceptors (Lipinski definition) is 5. The summed E-state index contributed by atoms with van der Waals surface area (Å²) < 4.78 is 10.4. The van der Waals surface area contributed by atoms with Gasteiger partial charge in [-0.15, -0.1) is 0 Å². The Balaban J connectivity index is 1.94. The van der Waals surface area contributed by atoms with Crippen molar-refractivity contribution in [1.29, 1.82) is 0 Å². The molecule has 150 valence electrons. The van der Waals surface area contributed by atoms with Crippen molar-refractivity contribution >= 4 is 12.1 Å². The summed E-state index contributed by atoms with van der Waals surface area (Å²) in [7, 11) is 3.40. The zero-order valence-corrected chi connectivity index (χ0v) is 17.1. The molecule has 1 aliphatic heterocycles. The molecule has 0 N–H and O–H groups in total. The lowest BCUT2D eigenvalue weighted by Crippen LogP contribution is -2.44. The zero-order valence-electron chi connectivity index (χ0n) is 17.1. The average Bonchev–Trinajstić information content (AvgIpc) is 3.06. The number of likely N-dealkylation sites (N-methyl/N-ethyl adjacent to an activating group) is 1. The summed E-state index contributed by atoms with van der Waals surface area (Å²) in [6.07, 6.45) is 2.13. The molecule has 1 saturated heterocycles. The molecule has 6 nitrogen and oxygen atoms in total. The minimum atomic E-state index is -0.600. The number of aryl methyl sites for hydroxylation is 1. The molecule has 1 aromatic rings. The third kappa shape index (κ3) is 6.24. The minimum absolute atomic E-state index is 0.109. The highest BCUT2D eigenvalue weighted by Crippen LogP contribution is 2.25. The molecule has 0 bridgehead atoms. The smallest absolute Gasteiger partial charge is 0.411 e. The molecule has 0 unspecified atom stereocenters. The van der Waals surface area contributed by atoms with Crippen LogP contribution in [-0.4, -0.2) is 66.8 Å². The van der Waals surface area contributed by atoms with Crippen molar-refractivity contribution in [3.63, 3.8) is 0 Å². The van der Waals surface area contributed by atoms with E-state index in [-0.39, 0.29) is 12.0 Å². The summed E-state index contributed by atoms with van der Waals surface area (Å²) in [5.74, 6) is -0.388. The van der Waals surface area contributed by atoms with E-state index in [1.54, 1.807) is 0 Å². The fourth-order valence-corrected chi connectivity index (χ4v) is 3.37.